The fourth-order valence-corrected chi connectivity index (χ4v) is 3.55. The Morgan fingerprint density at radius 2 is 1.83 bits per heavy atom. The van der Waals surface area contributed by atoms with Gasteiger partial charge in [-0.2, -0.15) is 4.98 Å². The van der Waals surface area contributed by atoms with Crippen molar-refractivity contribution in [1.29, 1.82) is 0 Å². The summed E-state index contributed by atoms with van der Waals surface area (Å²) in [6.07, 6.45) is 1.80. The van der Waals surface area contributed by atoms with Crippen LogP contribution in [0, 0.1) is 6.92 Å². The summed E-state index contributed by atoms with van der Waals surface area (Å²) in [6.45, 7) is 4.81. The molecular formula is C20H21N5O4. The summed E-state index contributed by atoms with van der Waals surface area (Å²) < 4.78 is 11.1. The Labute approximate surface area is 165 Å². The number of methoxy groups -OCH3 is 1. The van der Waals surface area contributed by atoms with Crippen molar-refractivity contribution < 1.29 is 9.53 Å². The highest BCUT2D eigenvalue weighted by Crippen LogP contribution is 2.23. The second-order valence-electron chi connectivity index (χ2n) is 7.06. The number of Topliss-reactive ketones (excluding diaryl/α,β-unsaturated/α-hetero) is 1. The molecule has 0 aliphatic rings. The van der Waals surface area contributed by atoms with Crippen LogP contribution in [-0.4, -0.2) is 36.0 Å². The zero-order valence-electron chi connectivity index (χ0n) is 16.8. The smallest absolute Gasteiger partial charge is 0.333 e. The first kappa shape index (κ1) is 18.7. The van der Waals surface area contributed by atoms with Crippen molar-refractivity contribution in [3.05, 3.63) is 57.0 Å². The second-order valence-corrected chi connectivity index (χ2v) is 7.06. The zero-order chi connectivity index (χ0) is 21.0. The minimum atomic E-state index is -0.860. The van der Waals surface area contributed by atoms with Crippen molar-refractivity contribution in [2.45, 2.75) is 26.8 Å². The van der Waals surface area contributed by atoms with E-state index >= 15 is 0 Å². The van der Waals surface area contributed by atoms with E-state index in [9.17, 15) is 14.4 Å². The number of aryl methyl sites for hydroxylation is 2. The first-order chi connectivity index (χ1) is 13.8. The molecule has 0 spiro atoms. The van der Waals surface area contributed by atoms with Gasteiger partial charge in [0.05, 0.1) is 13.2 Å². The molecule has 1 aromatic carbocycles. The van der Waals surface area contributed by atoms with Crippen molar-refractivity contribution in [3.63, 3.8) is 0 Å². The molecule has 4 rings (SSSR count). The molecule has 0 fully saturated rings. The van der Waals surface area contributed by atoms with Crippen molar-refractivity contribution in [2.24, 2.45) is 7.05 Å². The van der Waals surface area contributed by atoms with Gasteiger partial charge in [-0.05, 0) is 45.0 Å². The Hall–Kier alpha value is -3.62. The van der Waals surface area contributed by atoms with E-state index < -0.39 is 17.3 Å². The topological polar surface area (TPSA) is 92.5 Å². The third kappa shape index (κ3) is 2.61. The van der Waals surface area contributed by atoms with Gasteiger partial charge < -0.3 is 4.74 Å². The van der Waals surface area contributed by atoms with E-state index in [2.05, 4.69) is 4.98 Å². The van der Waals surface area contributed by atoms with Gasteiger partial charge in [0.25, 0.3) is 5.56 Å². The SMILES string of the molecule is COc1ccc(-n2c(C)cn3c4c(=O)n([C@@H](C)C(C)=O)c(=O)n(C)c4nc23)cc1. The van der Waals surface area contributed by atoms with Crippen LogP contribution in [0.1, 0.15) is 25.6 Å². The van der Waals surface area contributed by atoms with Crippen molar-refractivity contribution in [3.8, 4) is 11.4 Å². The molecule has 0 aliphatic carbocycles. The maximum absolute atomic E-state index is 13.2. The molecule has 9 nitrogen and oxygen atoms in total. The van der Waals surface area contributed by atoms with E-state index in [4.69, 9.17) is 4.74 Å². The molecule has 0 unspecified atom stereocenters. The standard InChI is InChI=1S/C20H21N5O4/c1-11-10-23-16-17(22(4)20(28)25(18(16)27)12(2)13(3)26)21-19(23)24(11)14-6-8-15(29-5)9-7-14/h6-10,12H,1-5H3/t12-/m0/s1. The largest absolute Gasteiger partial charge is 0.497 e. The van der Waals surface area contributed by atoms with Gasteiger partial charge in [-0.15, -0.1) is 0 Å². The van der Waals surface area contributed by atoms with Gasteiger partial charge in [-0.3, -0.25) is 23.1 Å². The Morgan fingerprint density at radius 1 is 1.17 bits per heavy atom. The van der Waals surface area contributed by atoms with Gasteiger partial charge in [0, 0.05) is 24.6 Å². The molecule has 150 valence electrons. The summed E-state index contributed by atoms with van der Waals surface area (Å²) in [5.74, 6) is 0.964. The fraction of sp³-hybridized carbons (Fsp3) is 0.300. The summed E-state index contributed by atoms with van der Waals surface area (Å²) >= 11 is 0. The zero-order valence-corrected chi connectivity index (χ0v) is 16.8. The van der Waals surface area contributed by atoms with Crippen molar-refractivity contribution >= 4 is 22.7 Å². The molecule has 0 saturated heterocycles. The number of ether oxygens (including phenoxy) is 1. The average molecular weight is 395 g/mol. The molecule has 0 saturated carbocycles. The number of imidazole rings is 2. The number of nitrogens with zero attached hydrogens (tertiary/aromatic N) is 5. The van der Waals surface area contributed by atoms with Crippen LogP contribution in [0.3, 0.4) is 0 Å². The van der Waals surface area contributed by atoms with Gasteiger partial charge in [0.1, 0.15) is 5.75 Å². The fourth-order valence-electron chi connectivity index (χ4n) is 3.55. The van der Waals surface area contributed by atoms with E-state index in [1.54, 1.807) is 31.7 Å². The lowest BCUT2D eigenvalue weighted by molar-refractivity contribution is -0.119. The first-order valence-corrected chi connectivity index (χ1v) is 9.12. The number of carbonyl (C=O) groups excluding carboxylic acids is 1. The highest BCUT2D eigenvalue weighted by molar-refractivity contribution is 5.81. The number of hydrogen-bond acceptors (Lipinski definition) is 5. The molecule has 0 bridgehead atoms. The normalized spacial score (nSPS) is 12.6. The molecule has 0 amide bonds. The number of ketones is 1. The van der Waals surface area contributed by atoms with E-state index in [0.717, 1.165) is 21.7 Å². The number of fused-ring (bicyclic) bond motifs is 3. The van der Waals surface area contributed by atoms with Gasteiger partial charge in [0.15, 0.2) is 16.9 Å². The predicted octanol–water partition coefficient (Wildman–Crippen LogP) is 1.61. The monoisotopic (exact) mass is 395 g/mol. The van der Waals surface area contributed by atoms with E-state index in [1.165, 1.54) is 11.5 Å². The number of aromatic nitrogens is 5. The summed E-state index contributed by atoms with van der Waals surface area (Å²) in [6, 6.07) is 6.60. The molecule has 4 aromatic rings. The number of rotatable bonds is 4. The van der Waals surface area contributed by atoms with E-state index in [0.29, 0.717) is 5.78 Å². The van der Waals surface area contributed by atoms with Crippen molar-refractivity contribution in [1.82, 2.24) is 23.1 Å². The van der Waals surface area contributed by atoms with Gasteiger partial charge in [-0.25, -0.2) is 9.36 Å². The quantitative estimate of drug-likeness (QED) is 0.523. The van der Waals surface area contributed by atoms with Crippen molar-refractivity contribution in [2.75, 3.05) is 7.11 Å². The molecule has 1 atom stereocenters. The molecular weight excluding hydrogens is 374 g/mol. The minimum Gasteiger partial charge on any atom is -0.497 e. The lowest BCUT2D eigenvalue weighted by atomic mass is 10.2. The second kappa shape index (κ2) is 6.47. The first-order valence-electron chi connectivity index (χ1n) is 9.12. The van der Waals surface area contributed by atoms with E-state index in [1.807, 2.05) is 35.8 Å². The Balaban J connectivity index is 2.09. The number of carbonyl (C=O) groups is 1. The van der Waals surface area contributed by atoms with Crippen LogP contribution in [0.2, 0.25) is 0 Å². The summed E-state index contributed by atoms with van der Waals surface area (Å²) in [4.78, 5) is 42.3. The van der Waals surface area contributed by atoms with Crippen LogP contribution in [0.4, 0.5) is 0 Å². The Morgan fingerprint density at radius 3 is 2.41 bits per heavy atom. The predicted molar refractivity (Wildman–Crippen MR) is 108 cm³/mol. The van der Waals surface area contributed by atoms with Crippen LogP contribution >= 0.6 is 0 Å². The summed E-state index contributed by atoms with van der Waals surface area (Å²) in [5.41, 5.74) is 1.12. The summed E-state index contributed by atoms with van der Waals surface area (Å²) in [7, 11) is 3.15. The molecule has 3 heterocycles. The molecule has 3 aromatic heterocycles. The van der Waals surface area contributed by atoms with Gasteiger partial charge in [0.2, 0.25) is 5.78 Å². The van der Waals surface area contributed by atoms with Gasteiger partial charge >= 0.3 is 5.69 Å². The molecule has 0 radical (unpaired) electrons. The molecule has 0 N–H and O–H groups in total. The van der Waals surface area contributed by atoms with Crippen LogP contribution in [0.5, 0.6) is 5.75 Å². The van der Waals surface area contributed by atoms with Crippen LogP contribution in [-0.2, 0) is 11.8 Å². The lowest BCUT2D eigenvalue weighted by Gasteiger charge is -2.12. The maximum Gasteiger partial charge on any atom is 0.333 e. The average Bonchev–Trinajstić information content (AvgIpc) is 3.21. The summed E-state index contributed by atoms with van der Waals surface area (Å²) in [5, 5.41) is 0. The van der Waals surface area contributed by atoms with Crippen LogP contribution < -0.4 is 16.0 Å². The molecule has 9 heteroatoms. The highest BCUT2D eigenvalue weighted by atomic mass is 16.5. The Kier molecular flexibility index (Phi) is 4.18. The van der Waals surface area contributed by atoms with E-state index in [-0.39, 0.29) is 16.9 Å². The highest BCUT2D eigenvalue weighted by Gasteiger charge is 2.24. The minimum absolute atomic E-state index is 0.255. The third-order valence-electron chi connectivity index (χ3n) is 5.28. The third-order valence-corrected chi connectivity index (χ3v) is 5.28. The molecule has 29 heavy (non-hydrogen) atoms. The molecule has 0 aliphatic heterocycles. The number of hydrogen-bond donors (Lipinski definition) is 0. The van der Waals surface area contributed by atoms with Gasteiger partial charge in [-0.1, -0.05) is 0 Å². The lowest BCUT2D eigenvalue weighted by Crippen LogP contribution is -2.42. The van der Waals surface area contributed by atoms with Crippen LogP contribution in [0.15, 0.2) is 40.1 Å². The van der Waals surface area contributed by atoms with Crippen LogP contribution in [0.25, 0.3) is 22.6 Å². The maximum atomic E-state index is 13.2. The Bertz CT molecular complexity index is 1390. The number of benzene rings is 1.